The van der Waals surface area contributed by atoms with Gasteiger partial charge in [-0.05, 0) is 26.0 Å². The zero-order valence-electron chi connectivity index (χ0n) is 10.5. The highest BCUT2D eigenvalue weighted by Crippen LogP contribution is 2.21. The van der Waals surface area contributed by atoms with Crippen molar-refractivity contribution < 1.29 is 9.59 Å². The molecule has 0 N–H and O–H groups in total. The highest BCUT2D eigenvalue weighted by molar-refractivity contribution is 6.21. The van der Waals surface area contributed by atoms with Gasteiger partial charge in [0.15, 0.2) is 0 Å². The fraction of sp³-hybridized carbons (Fsp3) is 0.200. The van der Waals surface area contributed by atoms with Crippen molar-refractivity contribution in [2.45, 2.75) is 13.8 Å². The van der Waals surface area contributed by atoms with Crippen molar-refractivity contribution in [3.05, 3.63) is 59.2 Å². The summed E-state index contributed by atoms with van der Waals surface area (Å²) in [5.74, 6) is -0.421. The Kier molecular flexibility index (Phi) is 3.42. The molecule has 1 aromatic carbocycles. The highest BCUT2D eigenvalue weighted by Gasteiger charge is 2.33. The molecule has 0 fully saturated rings. The molecule has 2 amide bonds. The van der Waals surface area contributed by atoms with E-state index in [-0.39, 0.29) is 11.8 Å². The molecule has 1 heterocycles. The van der Waals surface area contributed by atoms with Gasteiger partial charge in [0.1, 0.15) is 0 Å². The number of allylic oxidation sites excluding steroid dienone is 3. The molecule has 2 rings (SSSR count). The van der Waals surface area contributed by atoms with Crippen LogP contribution in [-0.2, 0) is 0 Å². The van der Waals surface area contributed by atoms with Crippen LogP contribution in [0.15, 0.2) is 48.1 Å². The second kappa shape index (κ2) is 5.00. The number of imide groups is 1. The van der Waals surface area contributed by atoms with E-state index in [1.165, 1.54) is 10.5 Å². The van der Waals surface area contributed by atoms with Crippen molar-refractivity contribution in [2.75, 3.05) is 6.54 Å². The maximum absolute atomic E-state index is 12.0. The molecular formula is C15H15NO2. The number of carbonyl (C=O) groups is 2. The standard InChI is InChI=1S/C15H15NO2/c1-11(2)7-5-6-10-16-14(17)12-8-3-4-9-13(12)15(16)18/h3-9H,10H2,1-2H3/b6-5+. The second-order valence-electron chi connectivity index (χ2n) is 4.44. The largest absolute Gasteiger partial charge is 0.270 e. The average molecular weight is 241 g/mol. The van der Waals surface area contributed by atoms with Gasteiger partial charge >= 0.3 is 0 Å². The summed E-state index contributed by atoms with van der Waals surface area (Å²) in [7, 11) is 0. The Balaban J connectivity index is 2.14. The molecule has 0 spiro atoms. The first kappa shape index (κ1) is 12.3. The molecule has 0 bridgehead atoms. The molecular weight excluding hydrogens is 226 g/mol. The Hall–Kier alpha value is -2.16. The smallest absolute Gasteiger partial charge is 0.261 e. The maximum atomic E-state index is 12.0. The second-order valence-corrected chi connectivity index (χ2v) is 4.44. The molecule has 92 valence electrons. The summed E-state index contributed by atoms with van der Waals surface area (Å²) < 4.78 is 0. The van der Waals surface area contributed by atoms with Gasteiger partial charge in [-0.15, -0.1) is 0 Å². The lowest BCUT2D eigenvalue weighted by atomic mass is 10.1. The van der Waals surface area contributed by atoms with Gasteiger partial charge in [-0.25, -0.2) is 0 Å². The molecule has 0 aromatic heterocycles. The Morgan fingerprint density at radius 3 is 2.17 bits per heavy atom. The lowest BCUT2D eigenvalue weighted by molar-refractivity contribution is 0.0672. The van der Waals surface area contributed by atoms with Crippen molar-refractivity contribution in [1.82, 2.24) is 4.90 Å². The molecule has 0 saturated heterocycles. The molecule has 0 unspecified atom stereocenters. The molecule has 0 radical (unpaired) electrons. The normalized spacial score (nSPS) is 14.2. The predicted molar refractivity (Wildman–Crippen MR) is 70.4 cm³/mol. The number of carbonyl (C=O) groups excluding carboxylic acids is 2. The fourth-order valence-corrected chi connectivity index (χ4v) is 1.83. The molecule has 1 aliphatic heterocycles. The minimum atomic E-state index is -0.211. The third-order valence-corrected chi connectivity index (χ3v) is 2.73. The molecule has 0 aliphatic carbocycles. The molecule has 3 heteroatoms. The van der Waals surface area contributed by atoms with Crippen LogP contribution in [0, 0.1) is 0 Å². The van der Waals surface area contributed by atoms with Crippen LogP contribution in [0.4, 0.5) is 0 Å². The van der Waals surface area contributed by atoms with E-state index in [1.807, 2.05) is 32.1 Å². The Bertz CT molecular complexity index is 516. The van der Waals surface area contributed by atoms with E-state index in [9.17, 15) is 9.59 Å². The summed E-state index contributed by atoms with van der Waals surface area (Å²) in [6.07, 6.45) is 5.62. The predicted octanol–water partition coefficient (Wildman–Crippen LogP) is 2.81. The van der Waals surface area contributed by atoms with Crippen LogP contribution in [0.5, 0.6) is 0 Å². The van der Waals surface area contributed by atoms with Crippen molar-refractivity contribution in [3.63, 3.8) is 0 Å². The zero-order valence-corrected chi connectivity index (χ0v) is 10.5. The average Bonchev–Trinajstić information content (AvgIpc) is 2.59. The van der Waals surface area contributed by atoms with E-state index < -0.39 is 0 Å². The van der Waals surface area contributed by atoms with Crippen LogP contribution in [0.3, 0.4) is 0 Å². The quantitative estimate of drug-likeness (QED) is 0.602. The lowest BCUT2D eigenvalue weighted by Gasteiger charge is -2.09. The Labute approximate surface area is 106 Å². The minimum Gasteiger partial charge on any atom is -0.270 e. The van der Waals surface area contributed by atoms with Gasteiger partial charge in [0.2, 0.25) is 0 Å². The third-order valence-electron chi connectivity index (χ3n) is 2.73. The topological polar surface area (TPSA) is 37.4 Å². The van der Waals surface area contributed by atoms with Crippen molar-refractivity contribution in [2.24, 2.45) is 0 Å². The zero-order chi connectivity index (χ0) is 13.1. The number of nitrogens with zero attached hydrogens (tertiary/aromatic N) is 1. The van der Waals surface area contributed by atoms with Crippen LogP contribution in [0.1, 0.15) is 34.6 Å². The summed E-state index contributed by atoms with van der Waals surface area (Å²) in [6, 6.07) is 6.92. The minimum absolute atomic E-state index is 0.211. The van der Waals surface area contributed by atoms with E-state index in [0.29, 0.717) is 17.7 Å². The summed E-state index contributed by atoms with van der Waals surface area (Å²) in [5, 5.41) is 0. The molecule has 1 aliphatic rings. The van der Waals surface area contributed by atoms with Crippen LogP contribution < -0.4 is 0 Å². The molecule has 0 saturated carbocycles. The van der Waals surface area contributed by atoms with Crippen molar-refractivity contribution in [3.8, 4) is 0 Å². The van der Waals surface area contributed by atoms with Gasteiger partial charge in [0, 0.05) is 6.54 Å². The summed E-state index contributed by atoms with van der Waals surface area (Å²) in [6.45, 7) is 4.30. The number of amides is 2. The van der Waals surface area contributed by atoms with Crippen LogP contribution in [-0.4, -0.2) is 23.3 Å². The Morgan fingerprint density at radius 2 is 1.67 bits per heavy atom. The van der Waals surface area contributed by atoms with Gasteiger partial charge in [-0.2, -0.15) is 0 Å². The van der Waals surface area contributed by atoms with E-state index in [1.54, 1.807) is 24.3 Å². The molecule has 3 nitrogen and oxygen atoms in total. The van der Waals surface area contributed by atoms with Gasteiger partial charge in [-0.1, -0.05) is 35.9 Å². The summed E-state index contributed by atoms with van der Waals surface area (Å²) in [4.78, 5) is 25.2. The van der Waals surface area contributed by atoms with E-state index in [2.05, 4.69) is 0 Å². The van der Waals surface area contributed by atoms with Crippen molar-refractivity contribution in [1.29, 1.82) is 0 Å². The summed E-state index contributed by atoms with van der Waals surface area (Å²) in [5.41, 5.74) is 2.17. The monoisotopic (exact) mass is 241 g/mol. The van der Waals surface area contributed by atoms with E-state index in [4.69, 9.17) is 0 Å². The molecule has 1 aromatic rings. The van der Waals surface area contributed by atoms with Crippen molar-refractivity contribution >= 4 is 11.8 Å². The SMILES string of the molecule is CC(C)=C/C=C/CN1C(=O)c2ccccc2C1=O. The van der Waals surface area contributed by atoms with E-state index >= 15 is 0 Å². The third kappa shape index (κ3) is 2.25. The Morgan fingerprint density at radius 1 is 1.11 bits per heavy atom. The number of fused-ring (bicyclic) bond motifs is 1. The number of rotatable bonds is 3. The number of hydrogen-bond acceptors (Lipinski definition) is 2. The first-order chi connectivity index (χ1) is 8.61. The van der Waals surface area contributed by atoms with Crippen LogP contribution in [0.2, 0.25) is 0 Å². The molecule has 18 heavy (non-hydrogen) atoms. The lowest BCUT2D eigenvalue weighted by Crippen LogP contribution is -2.29. The van der Waals surface area contributed by atoms with Gasteiger partial charge in [0.05, 0.1) is 11.1 Å². The summed E-state index contributed by atoms with van der Waals surface area (Å²) >= 11 is 0. The number of benzene rings is 1. The molecule has 0 atom stereocenters. The van der Waals surface area contributed by atoms with Gasteiger partial charge in [-0.3, -0.25) is 14.5 Å². The van der Waals surface area contributed by atoms with Crippen LogP contribution >= 0.6 is 0 Å². The first-order valence-corrected chi connectivity index (χ1v) is 5.86. The van der Waals surface area contributed by atoms with E-state index in [0.717, 1.165) is 0 Å². The number of hydrogen-bond donors (Lipinski definition) is 0. The van der Waals surface area contributed by atoms with Crippen LogP contribution in [0.25, 0.3) is 0 Å². The fourth-order valence-electron chi connectivity index (χ4n) is 1.83. The van der Waals surface area contributed by atoms with Gasteiger partial charge in [0.25, 0.3) is 11.8 Å². The first-order valence-electron chi connectivity index (χ1n) is 5.86. The van der Waals surface area contributed by atoms with Gasteiger partial charge < -0.3 is 0 Å². The highest BCUT2D eigenvalue weighted by atomic mass is 16.2. The maximum Gasteiger partial charge on any atom is 0.261 e.